The van der Waals surface area contributed by atoms with Gasteiger partial charge in [-0.05, 0) is 63.0 Å². The summed E-state index contributed by atoms with van der Waals surface area (Å²) >= 11 is 0. The van der Waals surface area contributed by atoms with E-state index >= 15 is 4.39 Å². The standard InChI is InChI=1S/C26H26FN7O.C2H6.Cs/c1-16(13-33(2)3)35-23-11-17(18-12-31-34(4)14-18)10-22-24(23)26(30-15-29-22)32-21-8-7-20-19(25(21)27)6-5-9-28-20;1-2;/h5-12,14-16H,13H2,1-4H3,(H,29,30,32);1-2H3;/t16-;;/m0../s1. The summed E-state index contributed by atoms with van der Waals surface area (Å²) in [6.07, 6.45) is 6.74. The Labute approximate surface area is 281 Å². The van der Waals surface area contributed by atoms with Crippen molar-refractivity contribution in [3.63, 3.8) is 0 Å². The summed E-state index contributed by atoms with van der Waals surface area (Å²) in [4.78, 5) is 15.2. The van der Waals surface area contributed by atoms with Crippen LogP contribution in [-0.2, 0) is 7.05 Å². The van der Waals surface area contributed by atoms with Crippen LogP contribution in [0.15, 0.2) is 61.3 Å². The quantitative estimate of drug-likeness (QED) is 0.256. The van der Waals surface area contributed by atoms with Gasteiger partial charge in [0, 0.05) is 106 Å². The van der Waals surface area contributed by atoms with Crippen molar-refractivity contribution in [3.05, 3.63) is 67.1 Å². The number of anilines is 2. The van der Waals surface area contributed by atoms with Gasteiger partial charge in [-0.2, -0.15) is 5.10 Å². The van der Waals surface area contributed by atoms with Gasteiger partial charge >= 0.3 is 0 Å². The van der Waals surface area contributed by atoms with Gasteiger partial charge in [-0.15, -0.1) is 0 Å². The van der Waals surface area contributed by atoms with E-state index in [1.165, 1.54) is 6.33 Å². The molecule has 0 fully saturated rings. The van der Waals surface area contributed by atoms with Crippen LogP contribution in [0.1, 0.15) is 20.8 Å². The predicted molar refractivity (Wildman–Crippen MR) is 152 cm³/mol. The first-order chi connectivity index (χ1) is 17.9. The zero-order valence-corrected chi connectivity index (χ0v) is 29.3. The molecule has 1 atom stereocenters. The molecule has 0 aliphatic carbocycles. The Morgan fingerprint density at radius 2 is 1.84 bits per heavy atom. The number of hydrogen-bond acceptors (Lipinski definition) is 7. The maximum atomic E-state index is 15.3. The molecule has 0 bridgehead atoms. The molecule has 3 aromatic heterocycles. The van der Waals surface area contributed by atoms with Gasteiger partial charge in [0.2, 0.25) is 0 Å². The third-order valence-electron chi connectivity index (χ3n) is 5.66. The number of hydrogen-bond donors (Lipinski definition) is 1. The van der Waals surface area contributed by atoms with Gasteiger partial charge in [-0.1, -0.05) is 13.8 Å². The Bertz CT molecular complexity index is 1520. The zero-order chi connectivity index (χ0) is 26.5. The molecular formula is C28H32CsFN7O. The van der Waals surface area contributed by atoms with Crippen LogP contribution in [0.4, 0.5) is 15.9 Å². The van der Waals surface area contributed by atoms with Crippen molar-refractivity contribution in [3.8, 4) is 16.9 Å². The van der Waals surface area contributed by atoms with E-state index in [1.54, 1.807) is 41.3 Å². The maximum absolute atomic E-state index is 15.3. The number of aryl methyl sites for hydroxylation is 1. The van der Waals surface area contributed by atoms with Gasteiger partial charge in [0.1, 0.15) is 24.0 Å². The molecule has 8 nitrogen and oxygen atoms in total. The Balaban J connectivity index is 0.00000130. The van der Waals surface area contributed by atoms with E-state index in [-0.39, 0.29) is 75.0 Å². The Hall–Kier alpha value is -2.06. The summed E-state index contributed by atoms with van der Waals surface area (Å²) in [6.45, 7) is 6.73. The molecular weight excluding hydrogens is 602 g/mol. The predicted octanol–water partition coefficient (Wildman–Crippen LogP) is 5.44. The number of ether oxygens (including phenoxy) is 1. The third-order valence-corrected chi connectivity index (χ3v) is 5.66. The minimum atomic E-state index is -0.391. The molecule has 193 valence electrons. The Kier molecular flexibility index (Phi) is 11.1. The molecule has 1 N–H and O–H groups in total. The number of fused-ring (bicyclic) bond motifs is 2. The van der Waals surface area contributed by atoms with E-state index in [4.69, 9.17) is 4.74 Å². The number of aromatic nitrogens is 5. The fourth-order valence-corrected chi connectivity index (χ4v) is 4.19. The summed E-state index contributed by atoms with van der Waals surface area (Å²) in [5, 5.41) is 8.57. The van der Waals surface area contributed by atoms with Crippen molar-refractivity contribution >= 4 is 102 Å². The molecule has 3 heterocycles. The number of nitrogens with one attached hydrogen (secondary N) is 1. The topological polar surface area (TPSA) is 81.0 Å². The summed E-state index contributed by atoms with van der Waals surface area (Å²) in [7, 11) is 5.87. The Morgan fingerprint density at radius 3 is 2.55 bits per heavy atom. The zero-order valence-electron chi connectivity index (χ0n) is 23.0. The second kappa shape index (κ2) is 13.8. The molecule has 0 saturated heterocycles. The maximum Gasteiger partial charge on any atom is 0.156 e. The van der Waals surface area contributed by atoms with E-state index < -0.39 is 5.82 Å². The second-order valence-corrected chi connectivity index (χ2v) is 8.81. The van der Waals surface area contributed by atoms with Crippen LogP contribution in [-0.4, -0.2) is 125 Å². The van der Waals surface area contributed by atoms with Crippen LogP contribution in [0.3, 0.4) is 0 Å². The van der Waals surface area contributed by atoms with Crippen LogP contribution in [0.5, 0.6) is 5.75 Å². The average Bonchev–Trinajstić information content (AvgIpc) is 3.33. The fraction of sp³-hybridized carbons (Fsp3) is 0.286. The number of benzene rings is 2. The van der Waals surface area contributed by atoms with E-state index in [0.717, 1.165) is 17.7 Å². The molecule has 0 unspecified atom stereocenters. The van der Waals surface area contributed by atoms with E-state index in [0.29, 0.717) is 39.1 Å². The smallest absolute Gasteiger partial charge is 0.156 e. The number of pyridine rings is 1. The van der Waals surface area contributed by atoms with Crippen molar-refractivity contribution < 1.29 is 9.13 Å². The monoisotopic (exact) mass is 634 g/mol. The number of likely N-dealkylation sites (N-methyl/N-ethyl adjacent to an activating group) is 1. The minimum Gasteiger partial charge on any atom is -0.489 e. The fourth-order valence-electron chi connectivity index (χ4n) is 4.19. The van der Waals surface area contributed by atoms with E-state index in [1.807, 2.05) is 60.2 Å². The van der Waals surface area contributed by atoms with Crippen LogP contribution >= 0.6 is 0 Å². The molecule has 5 aromatic rings. The molecule has 10 heteroatoms. The summed E-state index contributed by atoms with van der Waals surface area (Å²) in [6, 6.07) is 10.8. The van der Waals surface area contributed by atoms with Crippen LogP contribution in [0.2, 0.25) is 0 Å². The van der Waals surface area contributed by atoms with Crippen molar-refractivity contribution in [2.24, 2.45) is 7.05 Å². The molecule has 38 heavy (non-hydrogen) atoms. The Morgan fingerprint density at radius 1 is 1.05 bits per heavy atom. The SMILES string of the molecule is CC.C[C@@H](CN(C)C)Oc1cc(-c2cnn(C)c2)cc2ncnc(Nc3ccc4ncccc4c3F)c12.[Cs]. The van der Waals surface area contributed by atoms with Crippen molar-refractivity contribution in [1.82, 2.24) is 29.6 Å². The minimum absolute atomic E-state index is 0. The molecule has 0 amide bonds. The second-order valence-electron chi connectivity index (χ2n) is 8.81. The summed E-state index contributed by atoms with van der Waals surface area (Å²) < 4.78 is 23.4. The average molecular weight is 635 g/mol. The van der Waals surface area contributed by atoms with Gasteiger partial charge < -0.3 is 15.0 Å². The van der Waals surface area contributed by atoms with E-state index in [9.17, 15) is 0 Å². The summed E-state index contributed by atoms with van der Waals surface area (Å²) in [5.74, 6) is 0.682. The molecule has 0 aliphatic rings. The molecule has 5 rings (SSSR count). The molecule has 1 radical (unpaired) electrons. The number of nitrogens with zero attached hydrogens (tertiary/aromatic N) is 6. The van der Waals surface area contributed by atoms with Gasteiger partial charge in [0.15, 0.2) is 5.82 Å². The van der Waals surface area contributed by atoms with Gasteiger partial charge in [-0.3, -0.25) is 9.67 Å². The summed E-state index contributed by atoms with van der Waals surface area (Å²) in [5.41, 5.74) is 3.43. The largest absolute Gasteiger partial charge is 0.489 e. The van der Waals surface area contributed by atoms with E-state index in [2.05, 4.69) is 30.3 Å². The first-order valence-corrected chi connectivity index (χ1v) is 12.3. The normalized spacial score (nSPS) is 11.6. The number of rotatable bonds is 7. The molecule has 0 spiro atoms. The number of halogens is 1. The van der Waals surface area contributed by atoms with Crippen LogP contribution in [0, 0.1) is 5.82 Å². The van der Waals surface area contributed by atoms with Crippen LogP contribution < -0.4 is 10.1 Å². The molecule has 0 aliphatic heterocycles. The van der Waals surface area contributed by atoms with Gasteiger partial charge in [0.05, 0.1) is 28.3 Å². The third kappa shape index (κ3) is 6.92. The van der Waals surface area contributed by atoms with Gasteiger partial charge in [-0.25, -0.2) is 14.4 Å². The van der Waals surface area contributed by atoms with Crippen molar-refractivity contribution in [2.75, 3.05) is 26.0 Å². The van der Waals surface area contributed by atoms with Crippen LogP contribution in [0.25, 0.3) is 32.9 Å². The van der Waals surface area contributed by atoms with Crippen molar-refractivity contribution in [1.29, 1.82) is 0 Å². The van der Waals surface area contributed by atoms with Gasteiger partial charge in [0.25, 0.3) is 0 Å². The first-order valence-electron chi connectivity index (χ1n) is 12.3. The molecule has 0 saturated carbocycles. The first kappa shape index (κ1) is 30.5. The van der Waals surface area contributed by atoms with Crippen molar-refractivity contribution in [2.45, 2.75) is 26.9 Å². The molecule has 2 aromatic carbocycles.